The molecule has 2 rings (SSSR count). The van der Waals surface area contributed by atoms with E-state index in [1.807, 2.05) is 58.0 Å². The fourth-order valence-electron chi connectivity index (χ4n) is 2.37. The first-order chi connectivity index (χ1) is 8.95. The molecule has 1 N–H and O–H groups in total. The van der Waals surface area contributed by atoms with Gasteiger partial charge in [0.05, 0.1) is 0 Å². The molecule has 0 amide bonds. The molecule has 98 valence electrons. The Kier molecular flexibility index (Phi) is 3.43. The van der Waals surface area contributed by atoms with E-state index >= 15 is 0 Å². The van der Waals surface area contributed by atoms with Crippen LogP contribution in [-0.2, 0) is 0 Å². The van der Waals surface area contributed by atoms with E-state index in [1.165, 1.54) is 0 Å². The lowest BCUT2D eigenvalue weighted by atomic mass is 9.88. The molecule has 0 heterocycles. The number of carbonyl (C=O) groups excluding carboxylic acids is 1. The van der Waals surface area contributed by atoms with Crippen LogP contribution in [0.15, 0.2) is 30.3 Å². The molecule has 0 aromatic heterocycles. The van der Waals surface area contributed by atoms with Crippen molar-refractivity contribution in [2.45, 2.75) is 27.7 Å². The Morgan fingerprint density at radius 3 is 1.79 bits per heavy atom. The van der Waals surface area contributed by atoms with E-state index < -0.39 is 0 Å². The highest BCUT2D eigenvalue weighted by Crippen LogP contribution is 2.32. The van der Waals surface area contributed by atoms with Crippen molar-refractivity contribution < 1.29 is 9.90 Å². The summed E-state index contributed by atoms with van der Waals surface area (Å²) >= 11 is 0. The fraction of sp³-hybridized carbons (Fsp3) is 0.235. The van der Waals surface area contributed by atoms with Crippen LogP contribution in [0.5, 0.6) is 5.75 Å². The van der Waals surface area contributed by atoms with Gasteiger partial charge >= 0.3 is 0 Å². The topological polar surface area (TPSA) is 37.3 Å². The number of aromatic hydroxyl groups is 1. The maximum atomic E-state index is 12.6. The van der Waals surface area contributed by atoms with Crippen LogP contribution in [0.2, 0.25) is 0 Å². The van der Waals surface area contributed by atoms with E-state index in [4.69, 9.17) is 0 Å². The Bertz CT molecular complexity index is 611. The minimum absolute atomic E-state index is 0.0156. The van der Waals surface area contributed by atoms with E-state index in [9.17, 15) is 9.90 Å². The second-order valence-electron chi connectivity index (χ2n) is 4.92. The van der Waals surface area contributed by atoms with Gasteiger partial charge in [-0.15, -0.1) is 0 Å². The number of carbonyl (C=O) groups is 1. The molecule has 0 radical (unpaired) electrons. The summed E-state index contributed by atoms with van der Waals surface area (Å²) in [7, 11) is 0. The van der Waals surface area contributed by atoms with Gasteiger partial charge in [0.1, 0.15) is 5.75 Å². The monoisotopic (exact) mass is 254 g/mol. The van der Waals surface area contributed by atoms with Crippen LogP contribution < -0.4 is 0 Å². The Labute approximate surface area is 113 Å². The van der Waals surface area contributed by atoms with Crippen molar-refractivity contribution >= 4 is 5.78 Å². The average Bonchev–Trinajstić information content (AvgIpc) is 2.44. The summed E-state index contributed by atoms with van der Waals surface area (Å²) in [6.07, 6.45) is 0. The van der Waals surface area contributed by atoms with Gasteiger partial charge in [-0.3, -0.25) is 4.79 Å². The lowest BCUT2D eigenvalue weighted by Crippen LogP contribution is -2.09. The number of ketones is 1. The smallest absolute Gasteiger partial charge is 0.193 e. The number of phenols is 1. The molecule has 0 atom stereocenters. The number of benzene rings is 2. The Balaban J connectivity index is 2.67. The summed E-state index contributed by atoms with van der Waals surface area (Å²) in [4.78, 5) is 12.6. The highest BCUT2D eigenvalue weighted by atomic mass is 16.3. The molecule has 0 bridgehead atoms. The van der Waals surface area contributed by atoms with Crippen LogP contribution in [0, 0.1) is 27.7 Å². The van der Waals surface area contributed by atoms with Crippen molar-refractivity contribution in [3.8, 4) is 5.75 Å². The van der Waals surface area contributed by atoms with Crippen LogP contribution in [0.25, 0.3) is 0 Å². The second-order valence-corrected chi connectivity index (χ2v) is 4.92. The molecule has 0 aliphatic rings. The highest BCUT2D eigenvalue weighted by Gasteiger charge is 2.20. The molecule has 0 spiro atoms. The minimum Gasteiger partial charge on any atom is -0.507 e. The zero-order valence-corrected chi connectivity index (χ0v) is 11.7. The van der Waals surface area contributed by atoms with Gasteiger partial charge < -0.3 is 5.11 Å². The quantitative estimate of drug-likeness (QED) is 0.826. The predicted molar refractivity (Wildman–Crippen MR) is 76.9 cm³/mol. The Hall–Kier alpha value is -2.09. The van der Waals surface area contributed by atoms with Crippen molar-refractivity contribution in [1.82, 2.24) is 0 Å². The van der Waals surface area contributed by atoms with Crippen LogP contribution in [0.3, 0.4) is 0 Å². The van der Waals surface area contributed by atoms with Crippen molar-refractivity contribution in [2.75, 3.05) is 0 Å². The maximum absolute atomic E-state index is 12.6. The Morgan fingerprint density at radius 2 is 1.32 bits per heavy atom. The molecule has 2 nitrogen and oxygen atoms in total. The molecule has 2 aromatic rings. The summed E-state index contributed by atoms with van der Waals surface area (Å²) in [5.41, 5.74) is 4.66. The van der Waals surface area contributed by atoms with Gasteiger partial charge in [-0.05, 0) is 49.9 Å². The molecule has 0 unspecified atom stereocenters. The highest BCUT2D eigenvalue weighted by molar-refractivity contribution is 6.11. The van der Waals surface area contributed by atoms with Gasteiger partial charge in [0.15, 0.2) is 5.78 Å². The largest absolute Gasteiger partial charge is 0.507 e. The van der Waals surface area contributed by atoms with E-state index in [0.29, 0.717) is 16.9 Å². The SMILES string of the molecule is Cc1c(C)c(C(=O)c2ccccc2)c(C)c(C)c1O. The first-order valence-electron chi connectivity index (χ1n) is 6.34. The number of hydrogen-bond donors (Lipinski definition) is 1. The third-order valence-electron chi connectivity index (χ3n) is 3.85. The van der Waals surface area contributed by atoms with Crippen LogP contribution in [0.1, 0.15) is 38.2 Å². The Morgan fingerprint density at radius 1 is 0.842 bits per heavy atom. The lowest BCUT2D eigenvalue weighted by Gasteiger charge is -2.16. The van der Waals surface area contributed by atoms with Crippen molar-refractivity contribution in [3.63, 3.8) is 0 Å². The molecular formula is C17H18O2. The molecule has 2 heteroatoms. The lowest BCUT2D eigenvalue weighted by molar-refractivity contribution is 0.103. The summed E-state index contributed by atoms with van der Waals surface area (Å²) in [6, 6.07) is 9.25. The van der Waals surface area contributed by atoms with Gasteiger partial charge in [-0.2, -0.15) is 0 Å². The minimum atomic E-state index is 0.0156. The van der Waals surface area contributed by atoms with Crippen molar-refractivity contribution in [2.24, 2.45) is 0 Å². The van der Waals surface area contributed by atoms with E-state index in [1.54, 1.807) is 0 Å². The maximum Gasteiger partial charge on any atom is 0.193 e. The first-order valence-corrected chi connectivity index (χ1v) is 6.34. The van der Waals surface area contributed by atoms with Crippen LogP contribution in [-0.4, -0.2) is 10.9 Å². The first kappa shape index (κ1) is 13.3. The number of phenolic OH excluding ortho intramolecular Hbond substituents is 1. The molecule has 0 aliphatic heterocycles. The van der Waals surface area contributed by atoms with E-state index in [0.717, 1.165) is 22.3 Å². The number of hydrogen-bond acceptors (Lipinski definition) is 2. The third kappa shape index (κ3) is 2.14. The molecule has 0 saturated carbocycles. The molecule has 19 heavy (non-hydrogen) atoms. The molecule has 2 aromatic carbocycles. The summed E-state index contributed by atoms with van der Waals surface area (Å²) in [5.74, 6) is 0.307. The zero-order chi connectivity index (χ0) is 14.2. The van der Waals surface area contributed by atoms with Gasteiger partial charge in [0, 0.05) is 11.1 Å². The fourth-order valence-corrected chi connectivity index (χ4v) is 2.37. The number of rotatable bonds is 2. The molecule has 0 fully saturated rings. The van der Waals surface area contributed by atoms with E-state index in [-0.39, 0.29) is 5.78 Å². The van der Waals surface area contributed by atoms with Crippen molar-refractivity contribution in [1.29, 1.82) is 0 Å². The van der Waals surface area contributed by atoms with Crippen molar-refractivity contribution in [3.05, 3.63) is 63.7 Å². The van der Waals surface area contributed by atoms with Gasteiger partial charge in [0.25, 0.3) is 0 Å². The van der Waals surface area contributed by atoms with Gasteiger partial charge in [-0.25, -0.2) is 0 Å². The summed E-state index contributed by atoms with van der Waals surface area (Å²) in [6.45, 7) is 7.47. The molecular weight excluding hydrogens is 236 g/mol. The standard InChI is InChI=1S/C17H18O2/c1-10-12(3)16(18)13(4)11(2)15(10)17(19)14-8-6-5-7-9-14/h5-9,18H,1-4H3. The van der Waals surface area contributed by atoms with Gasteiger partial charge in [-0.1, -0.05) is 30.3 Å². The summed E-state index contributed by atoms with van der Waals surface area (Å²) < 4.78 is 0. The second kappa shape index (κ2) is 4.88. The van der Waals surface area contributed by atoms with Gasteiger partial charge in [0.2, 0.25) is 0 Å². The normalized spacial score (nSPS) is 10.5. The predicted octanol–water partition coefficient (Wildman–Crippen LogP) is 3.86. The van der Waals surface area contributed by atoms with Crippen LogP contribution >= 0.6 is 0 Å². The van der Waals surface area contributed by atoms with Crippen LogP contribution in [0.4, 0.5) is 0 Å². The average molecular weight is 254 g/mol. The van der Waals surface area contributed by atoms with E-state index in [2.05, 4.69) is 0 Å². The molecule has 0 saturated heterocycles. The third-order valence-corrected chi connectivity index (χ3v) is 3.85. The molecule has 0 aliphatic carbocycles. The zero-order valence-electron chi connectivity index (χ0n) is 11.7. The summed E-state index contributed by atoms with van der Waals surface area (Å²) in [5, 5.41) is 10.0.